The molecule has 0 saturated heterocycles. The minimum absolute atomic E-state index is 0.0360. The number of amides is 1. The summed E-state index contributed by atoms with van der Waals surface area (Å²) in [5, 5.41) is 11.1. The zero-order valence-corrected chi connectivity index (χ0v) is 12.4. The van der Waals surface area contributed by atoms with Crippen LogP contribution in [0.2, 0.25) is 5.02 Å². The van der Waals surface area contributed by atoms with E-state index in [1.807, 2.05) is 4.90 Å². The van der Waals surface area contributed by atoms with Crippen LogP contribution in [0.3, 0.4) is 0 Å². The average Bonchev–Trinajstić information content (AvgIpc) is 2.93. The van der Waals surface area contributed by atoms with Crippen LogP contribution in [-0.4, -0.2) is 28.3 Å². The maximum absolute atomic E-state index is 11.2. The molecular formula is C14H18ClN3O3. The summed E-state index contributed by atoms with van der Waals surface area (Å²) < 4.78 is 0. The van der Waals surface area contributed by atoms with E-state index in [9.17, 15) is 14.9 Å². The van der Waals surface area contributed by atoms with E-state index in [4.69, 9.17) is 17.3 Å². The lowest BCUT2D eigenvalue weighted by Crippen LogP contribution is -2.39. The third-order valence-electron chi connectivity index (χ3n) is 3.82. The predicted octanol–water partition coefficient (Wildman–Crippen LogP) is 2.48. The molecule has 1 aromatic carbocycles. The number of hydrogen-bond acceptors (Lipinski definition) is 4. The van der Waals surface area contributed by atoms with Crippen LogP contribution in [0.15, 0.2) is 18.2 Å². The first kappa shape index (κ1) is 15.7. The van der Waals surface area contributed by atoms with Gasteiger partial charge in [0.05, 0.1) is 16.5 Å². The lowest BCUT2D eigenvalue weighted by atomic mass is 10.1. The van der Waals surface area contributed by atoms with Gasteiger partial charge in [0, 0.05) is 24.7 Å². The zero-order chi connectivity index (χ0) is 15.4. The molecule has 1 saturated carbocycles. The maximum Gasteiger partial charge on any atom is 0.270 e. The average molecular weight is 312 g/mol. The van der Waals surface area contributed by atoms with Crippen molar-refractivity contribution in [3.8, 4) is 0 Å². The molecule has 0 heterocycles. The Labute approximate surface area is 128 Å². The molecule has 1 aliphatic carbocycles. The Hall–Kier alpha value is -1.66. The van der Waals surface area contributed by atoms with Crippen LogP contribution in [0, 0.1) is 10.1 Å². The van der Waals surface area contributed by atoms with Crippen molar-refractivity contribution >= 4 is 23.2 Å². The van der Waals surface area contributed by atoms with Crippen molar-refractivity contribution < 1.29 is 9.72 Å². The van der Waals surface area contributed by atoms with Crippen molar-refractivity contribution in [1.29, 1.82) is 0 Å². The van der Waals surface area contributed by atoms with E-state index in [1.165, 1.54) is 12.1 Å². The van der Waals surface area contributed by atoms with Crippen LogP contribution in [0.5, 0.6) is 0 Å². The highest BCUT2D eigenvalue weighted by Crippen LogP contribution is 2.28. The van der Waals surface area contributed by atoms with Crippen molar-refractivity contribution in [3.05, 3.63) is 38.9 Å². The van der Waals surface area contributed by atoms with Crippen LogP contribution in [-0.2, 0) is 11.3 Å². The first-order valence-electron chi connectivity index (χ1n) is 6.92. The zero-order valence-electron chi connectivity index (χ0n) is 11.6. The molecule has 1 fully saturated rings. The molecular weight excluding hydrogens is 294 g/mol. The first-order valence-corrected chi connectivity index (χ1v) is 7.30. The highest BCUT2D eigenvalue weighted by Gasteiger charge is 2.24. The van der Waals surface area contributed by atoms with Gasteiger partial charge in [-0.15, -0.1) is 0 Å². The standard InChI is InChI=1S/C14H18ClN3O3/c15-13-7-12(18(20)21)6-5-10(13)8-17(9-14(16)19)11-3-1-2-4-11/h5-7,11H,1-4,8-9H2,(H2,16,19). The molecule has 0 atom stereocenters. The second-order valence-electron chi connectivity index (χ2n) is 5.34. The van der Waals surface area contributed by atoms with Crippen molar-refractivity contribution in [2.24, 2.45) is 5.73 Å². The number of nitro groups is 1. The first-order chi connectivity index (χ1) is 9.97. The molecule has 0 bridgehead atoms. The van der Waals surface area contributed by atoms with E-state index in [0.29, 0.717) is 17.6 Å². The van der Waals surface area contributed by atoms with Crippen LogP contribution < -0.4 is 5.73 Å². The third kappa shape index (κ3) is 4.15. The van der Waals surface area contributed by atoms with E-state index in [0.717, 1.165) is 31.2 Å². The number of nitrogens with zero attached hydrogens (tertiary/aromatic N) is 2. The van der Waals surface area contributed by atoms with E-state index >= 15 is 0 Å². The van der Waals surface area contributed by atoms with E-state index in [2.05, 4.69) is 0 Å². The number of benzene rings is 1. The molecule has 114 valence electrons. The van der Waals surface area contributed by atoms with Gasteiger partial charge in [-0.1, -0.05) is 24.4 Å². The molecule has 2 N–H and O–H groups in total. The molecule has 6 nitrogen and oxygen atoms in total. The molecule has 0 radical (unpaired) electrons. The van der Waals surface area contributed by atoms with Gasteiger partial charge in [-0.2, -0.15) is 0 Å². The highest BCUT2D eigenvalue weighted by atomic mass is 35.5. The monoisotopic (exact) mass is 311 g/mol. The topological polar surface area (TPSA) is 89.5 Å². The number of rotatable bonds is 6. The van der Waals surface area contributed by atoms with Crippen LogP contribution >= 0.6 is 11.6 Å². The molecule has 7 heteroatoms. The Balaban J connectivity index is 2.15. The Morgan fingerprint density at radius 2 is 2.10 bits per heavy atom. The number of halogens is 1. The quantitative estimate of drug-likeness (QED) is 0.645. The molecule has 0 spiro atoms. The number of non-ortho nitro benzene ring substituents is 1. The summed E-state index contributed by atoms with van der Waals surface area (Å²) in [4.78, 5) is 23.5. The van der Waals surface area contributed by atoms with E-state index in [-0.39, 0.29) is 18.1 Å². The summed E-state index contributed by atoms with van der Waals surface area (Å²) in [5.74, 6) is -0.375. The van der Waals surface area contributed by atoms with Gasteiger partial charge >= 0.3 is 0 Å². The van der Waals surface area contributed by atoms with Gasteiger partial charge in [-0.3, -0.25) is 19.8 Å². The lowest BCUT2D eigenvalue weighted by Gasteiger charge is -2.27. The molecule has 0 unspecified atom stereocenters. The Kier molecular flexibility index (Phi) is 5.14. The normalized spacial score (nSPS) is 15.5. The lowest BCUT2D eigenvalue weighted by molar-refractivity contribution is -0.384. The minimum Gasteiger partial charge on any atom is -0.369 e. The fraction of sp³-hybridized carbons (Fsp3) is 0.500. The van der Waals surface area contributed by atoms with Crippen molar-refractivity contribution in [2.75, 3.05) is 6.54 Å². The summed E-state index contributed by atoms with van der Waals surface area (Å²) in [6.45, 7) is 0.655. The SMILES string of the molecule is NC(=O)CN(Cc1ccc([N+](=O)[O-])cc1Cl)C1CCCC1. The Morgan fingerprint density at radius 1 is 1.43 bits per heavy atom. The molecule has 1 aromatic rings. The van der Waals surface area contributed by atoms with Crippen LogP contribution in [0.25, 0.3) is 0 Å². The highest BCUT2D eigenvalue weighted by molar-refractivity contribution is 6.31. The van der Waals surface area contributed by atoms with Crippen molar-refractivity contribution in [2.45, 2.75) is 38.3 Å². The van der Waals surface area contributed by atoms with Crippen molar-refractivity contribution in [1.82, 2.24) is 4.90 Å². The van der Waals surface area contributed by atoms with Gasteiger partial charge in [0.2, 0.25) is 5.91 Å². The second kappa shape index (κ2) is 6.87. The van der Waals surface area contributed by atoms with Crippen LogP contribution in [0.4, 0.5) is 5.69 Å². The summed E-state index contributed by atoms with van der Waals surface area (Å²) >= 11 is 6.11. The number of nitrogens with two attached hydrogens (primary N) is 1. The molecule has 0 aliphatic heterocycles. The van der Waals surface area contributed by atoms with Gasteiger partial charge in [0.25, 0.3) is 5.69 Å². The number of carbonyl (C=O) groups is 1. The maximum atomic E-state index is 11.2. The summed E-state index contributed by atoms with van der Waals surface area (Å²) in [6.07, 6.45) is 4.37. The Morgan fingerprint density at radius 3 is 2.62 bits per heavy atom. The molecule has 1 amide bonds. The van der Waals surface area contributed by atoms with Gasteiger partial charge in [0.15, 0.2) is 0 Å². The summed E-state index contributed by atoms with van der Waals surface area (Å²) in [7, 11) is 0. The largest absolute Gasteiger partial charge is 0.369 e. The van der Waals surface area contributed by atoms with Gasteiger partial charge in [-0.25, -0.2) is 0 Å². The van der Waals surface area contributed by atoms with Crippen LogP contribution in [0.1, 0.15) is 31.2 Å². The van der Waals surface area contributed by atoms with E-state index in [1.54, 1.807) is 6.07 Å². The fourth-order valence-corrected chi connectivity index (χ4v) is 3.02. The number of hydrogen-bond donors (Lipinski definition) is 1. The smallest absolute Gasteiger partial charge is 0.270 e. The molecule has 0 aromatic heterocycles. The third-order valence-corrected chi connectivity index (χ3v) is 4.17. The van der Waals surface area contributed by atoms with Gasteiger partial charge in [-0.05, 0) is 24.5 Å². The second-order valence-corrected chi connectivity index (χ2v) is 5.75. The van der Waals surface area contributed by atoms with Gasteiger partial charge in [0.1, 0.15) is 0 Å². The van der Waals surface area contributed by atoms with Crippen molar-refractivity contribution in [3.63, 3.8) is 0 Å². The Bertz CT molecular complexity index is 544. The van der Waals surface area contributed by atoms with Gasteiger partial charge < -0.3 is 5.73 Å². The molecule has 2 rings (SSSR count). The van der Waals surface area contributed by atoms with E-state index < -0.39 is 4.92 Å². The fourth-order valence-electron chi connectivity index (χ4n) is 2.78. The number of primary amides is 1. The summed E-state index contributed by atoms with van der Waals surface area (Å²) in [5.41, 5.74) is 6.05. The molecule has 21 heavy (non-hydrogen) atoms. The predicted molar refractivity (Wildman–Crippen MR) is 80.0 cm³/mol. The number of nitro benzene ring substituents is 1. The summed E-state index contributed by atoms with van der Waals surface area (Å²) in [6, 6.07) is 4.74. The minimum atomic E-state index is -0.478. The number of carbonyl (C=O) groups excluding carboxylic acids is 1. The molecule has 1 aliphatic rings.